The highest BCUT2D eigenvalue weighted by atomic mass is 32.2. The average Bonchev–Trinajstić information content (AvgIpc) is 3.12. The minimum absolute atomic E-state index is 0.197. The summed E-state index contributed by atoms with van der Waals surface area (Å²) in [5, 5.41) is 1.84. The molecule has 0 aliphatic carbocycles. The molecule has 3 aromatic carbocycles. The van der Waals surface area contributed by atoms with Gasteiger partial charge in [-0.3, -0.25) is 14.5 Å². The zero-order chi connectivity index (χ0) is 24.0. The van der Waals surface area contributed by atoms with E-state index in [0.717, 1.165) is 16.3 Å². The van der Waals surface area contributed by atoms with Crippen LogP contribution in [0.25, 0.3) is 16.5 Å². The summed E-state index contributed by atoms with van der Waals surface area (Å²) in [4.78, 5) is 29.4. The lowest BCUT2D eigenvalue weighted by atomic mass is 10.1. The topological polar surface area (TPSA) is 78.0 Å². The Labute approximate surface area is 198 Å². The molecule has 0 N–H and O–H groups in total. The fourth-order valence-corrected chi connectivity index (χ4v) is 6.17. The molecule has 2 aliphatic rings. The highest BCUT2D eigenvalue weighted by molar-refractivity contribution is 7.89. The van der Waals surface area contributed by atoms with E-state index in [1.54, 1.807) is 36.1 Å². The van der Waals surface area contributed by atoms with Gasteiger partial charge in [-0.25, -0.2) is 8.42 Å². The molecular formula is C26H25N3O4S. The number of carbonyl (C=O) groups excluding carboxylic acids is 2. The van der Waals surface area contributed by atoms with Crippen molar-refractivity contribution in [2.75, 3.05) is 26.2 Å². The number of fused-ring (bicyclic) bond motifs is 2. The standard InChI is InChI=1S/C26H25N3O4S/c1-18-23-9-5-6-10-24(23)26(31)29(18)19(2)25(30)27-13-15-28(16-14-27)34(32,33)22-12-11-20-7-3-4-8-21(20)17-22/h3-12,17,19H,1,13-16H2,2H3. The minimum Gasteiger partial charge on any atom is -0.338 e. The van der Waals surface area contributed by atoms with Gasteiger partial charge in [0.1, 0.15) is 6.04 Å². The molecule has 2 aliphatic heterocycles. The molecule has 1 unspecified atom stereocenters. The van der Waals surface area contributed by atoms with Crippen LogP contribution in [0, 0.1) is 0 Å². The number of carbonyl (C=O) groups is 2. The van der Waals surface area contributed by atoms with Gasteiger partial charge in [0.2, 0.25) is 15.9 Å². The lowest BCUT2D eigenvalue weighted by Gasteiger charge is -2.37. The SMILES string of the molecule is C=C1c2ccccc2C(=O)N1C(C)C(=O)N1CCN(S(=O)(=O)c2ccc3ccccc3c2)CC1. The number of rotatable bonds is 4. The van der Waals surface area contributed by atoms with Crippen LogP contribution < -0.4 is 0 Å². The maximum absolute atomic E-state index is 13.2. The first-order chi connectivity index (χ1) is 16.3. The van der Waals surface area contributed by atoms with Crippen LogP contribution >= 0.6 is 0 Å². The molecule has 5 rings (SSSR count). The van der Waals surface area contributed by atoms with Crippen molar-refractivity contribution in [3.63, 3.8) is 0 Å². The molecule has 1 saturated heterocycles. The summed E-state index contributed by atoms with van der Waals surface area (Å²) >= 11 is 0. The molecule has 0 aromatic heterocycles. The molecule has 1 atom stereocenters. The summed E-state index contributed by atoms with van der Waals surface area (Å²) in [7, 11) is -3.68. The van der Waals surface area contributed by atoms with Crippen LogP contribution in [0.3, 0.4) is 0 Å². The highest BCUT2D eigenvalue weighted by Crippen LogP contribution is 2.33. The van der Waals surface area contributed by atoms with Crippen molar-refractivity contribution in [1.29, 1.82) is 0 Å². The maximum Gasteiger partial charge on any atom is 0.259 e. The van der Waals surface area contributed by atoms with Crippen LogP contribution in [0.5, 0.6) is 0 Å². The third-order valence-corrected chi connectivity index (χ3v) is 8.53. The van der Waals surface area contributed by atoms with Gasteiger partial charge in [0.05, 0.1) is 4.90 Å². The van der Waals surface area contributed by atoms with Gasteiger partial charge in [-0.2, -0.15) is 4.31 Å². The first kappa shape index (κ1) is 22.3. The van der Waals surface area contributed by atoms with Crippen molar-refractivity contribution in [3.8, 4) is 0 Å². The van der Waals surface area contributed by atoms with Gasteiger partial charge in [0.25, 0.3) is 5.91 Å². The lowest BCUT2D eigenvalue weighted by molar-refractivity contribution is -0.135. The average molecular weight is 476 g/mol. The molecule has 2 heterocycles. The quantitative estimate of drug-likeness (QED) is 0.581. The summed E-state index contributed by atoms with van der Waals surface area (Å²) in [5.74, 6) is -0.455. The number of piperazine rings is 1. The number of amides is 2. The predicted molar refractivity (Wildman–Crippen MR) is 130 cm³/mol. The maximum atomic E-state index is 13.2. The van der Waals surface area contributed by atoms with Gasteiger partial charge in [-0.05, 0) is 35.9 Å². The number of nitrogens with zero attached hydrogens (tertiary/aromatic N) is 3. The molecule has 3 aromatic rings. The van der Waals surface area contributed by atoms with Gasteiger partial charge in [-0.15, -0.1) is 0 Å². The van der Waals surface area contributed by atoms with Crippen molar-refractivity contribution in [3.05, 3.63) is 84.4 Å². The number of sulfonamides is 1. The Bertz CT molecular complexity index is 1390. The van der Waals surface area contributed by atoms with E-state index in [9.17, 15) is 18.0 Å². The molecule has 0 spiro atoms. The smallest absolute Gasteiger partial charge is 0.259 e. The second-order valence-corrected chi connectivity index (χ2v) is 10.5. The molecule has 174 valence electrons. The van der Waals surface area contributed by atoms with Crippen molar-refractivity contribution < 1.29 is 18.0 Å². The number of hydrogen-bond donors (Lipinski definition) is 0. The number of benzene rings is 3. The van der Waals surface area contributed by atoms with Crippen molar-refractivity contribution >= 4 is 38.3 Å². The first-order valence-electron chi connectivity index (χ1n) is 11.2. The Hall–Kier alpha value is -3.49. The Morgan fingerprint density at radius 2 is 1.50 bits per heavy atom. The molecule has 0 bridgehead atoms. The molecule has 0 saturated carbocycles. The van der Waals surface area contributed by atoms with E-state index < -0.39 is 16.1 Å². The van der Waals surface area contributed by atoms with E-state index >= 15 is 0 Å². The van der Waals surface area contributed by atoms with Crippen LogP contribution in [0.15, 0.2) is 78.2 Å². The molecule has 8 heteroatoms. The summed E-state index contributed by atoms with van der Waals surface area (Å²) < 4.78 is 27.9. The second kappa shape index (κ2) is 8.38. The van der Waals surface area contributed by atoms with Gasteiger partial charge in [0.15, 0.2) is 0 Å². The Balaban J connectivity index is 1.28. The van der Waals surface area contributed by atoms with Crippen LogP contribution in [-0.4, -0.2) is 66.6 Å². The Kier molecular flexibility index (Phi) is 5.50. The first-order valence-corrected chi connectivity index (χ1v) is 12.6. The van der Waals surface area contributed by atoms with E-state index in [-0.39, 0.29) is 42.9 Å². The van der Waals surface area contributed by atoms with Crippen molar-refractivity contribution in [2.24, 2.45) is 0 Å². The molecule has 2 amide bonds. The second-order valence-electron chi connectivity index (χ2n) is 8.58. The van der Waals surface area contributed by atoms with E-state index in [4.69, 9.17) is 0 Å². The van der Waals surface area contributed by atoms with Gasteiger partial charge < -0.3 is 4.90 Å². The summed E-state index contributed by atoms with van der Waals surface area (Å²) in [6, 6.07) is 19.2. The summed E-state index contributed by atoms with van der Waals surface area (Å²) in [6.45, 7) is 6.63. The van der Waals surface area contributed by atoms with E-state index in [0.29, 0.717) is 11.3 Å². The van der Waals surface area contributed by atoms with Crippen LogP contribution in [-0.2, 0) is 14.8 Å². The zero-order valence-electron chi connectivity index (χ0n) is 18.8. The highest BCUT2D eigenvalue weighted by Gasteiger charge is 2.39. The van der Waals surface area contributed by atoms with Crippen LogP contribution in [0.4, 0.5) is 0 Å². The number of hydrogen-bond acceptors (Lipinski definition) is 4. The van der Waals surface area contributed by atoms with E-state index in [1.165, 1.54) is 9.21 Å². The third kappa shape index (κ3) is 3.59. The monoisotopic (exact) mass is 475 g/mol. The fourth-order valence-electron chi connectivity index (χ4n) is 4.71. The Morgan fingerprint density at radius 3 is 2.18 bits per heavy atom. The molecule has 0 radical (unpaired) electrons. The molecule has 1 fully saturated rings. The third-order valence-electron chi connectivity index (χ3n) is 6.63. The van der Waals surface area contributed by atoms with Gasteiger partial charge in [-0.1, -0.05) is 55.1 Å². The summed E-state index contributed by atoms with van der Waals surface area (Å²) in [5.41, 5.74) is 1.79. The predicted octanol–water partition coefficient (Wildman–Crippen LogP) is 3.19. The lowest BCUT2D eigenvalue weighted by Crippen LogP contribution is -2.55. The van der Waals surface area contributed by atoms with E-state index in [1.807, 2.05) is 42.5 Å². The van der Waals surface area contributed by atoms with E-state index in [2.05, 4.69) is 6.58 Å². The van der Waals surface area contributed by atoms with Crippen molar-refractivity contribution in [2.45, 2.75) is 17.9 Å². The summed E-state index contributed by atoms with van der Waals surface area (Å²) in [6.07, 6.45) is 0. The van der Waals surface area contributed by atoms with Crippen LogP contribution in [0.2, 0.25) is 0 Å². The largest absolute Gasteiger partial charge is 0.338 e. The molecule has 7 nitrogen and oxygen atoms in total. The van der Waals surface area contributed by atoms with Gasteiger partial charge in [0, 0.05) is 43.0 Å². The van der Waals surface area contributed by atoms with Crippen LogP contribution in [0.1, 0.15) is 22.8 Å². The normalized spacial score (nSPS) is 17.8. The minimum atomic E-state index is -3.68. The zero-order valence-corrected chi connectivity index (χ0v) is 19.7. The Morgan fingerprint density at radius 1 is 0.882 bits per heavy atom. The van der Waals surface area contributed by atoms with Gasteiger partial charge >= 0.3 is 0 Å². The fraction of sp³-hybridized carbons (Fsp3) is 0.231. The van der Waals surface area contributed by atoms with Crippen molar-refractivity contribution in [1.82, 2.24) is 14.1 Å². The molecular weight excluding hydrogens is 450 g/mol. The molecule has 34 heavy (non-hydrogen) atoms.